The Kier molecular flexibility index (Phi) is 3.78. The van der Waals surface area contributed by atoms with E-state index in [0.717, 1.165) is 16.3 Å². The maximum Gasteiger partial charge on any atom is 0.183 e. The number of nitrogens with one attached hydrogen (secondary N) is 2. The van der Waals surface area contributed by atoms with Crippen LogP contribution in [0.15, 0.2) is 9.98 Å². The molecule has 1 aliphatic rings. The summed E-state index contributed by atoms with van der Waals surface area (Å²) in [5.41, 5.74) is 0. The fourth-order valence-corrected chi connectivity index (χ4v) is 2.86. The zero-order valence-corrected chi connectivity index (χ0v) is 10.3. The maximum atomic E-state index is 4.28. The zero-order chi connectivity index (χ0) is 9.80. The first-order valence-corrected chi connectivity index (χ1v) is 6.60. The number of aromatic nitrogens is 1. The topological polar surface area (TPSA) is 37.0 Å². The SMILES string of the molecule is Brc1csc(NCC[C@@H]2CCCN2)n1. The van der Waals surface area contributed by atoms with Crippen LogP contribution in [-0.4, -0.2) is 24.1 Å². The van der Waals surface area contributed by atoms with Gasteiger partial charge in [-0.25, -0.2) is 4.98 Å². The standard InChI is InChI=1S/C9H14BrN3S/c10-8-6-14-9(13-8)12-5-3-7-2-1-4-11-7/h6-7,11H,1-5H2,(H,12,13)/t7-/m0/s1. The van der Waals surface area contributed by atoms with Gasteiger partial charge in [-0.1, -0.05) is 0 Å². The minimum atomic E-state index is 0.714. The lowest BCUT2D eigenvalue weighted by atomic mass is 10.2. The van der Waals surface area contributed by atoms with Gasteiger partial charge in [-0.05, 0) is 41.7 Å². The molecule has 1 aromatic heterocycles. The van der Waals surface area contributed by atoms with Gasteiger partial charge in [0.1, 0.15) is 4.60 Å². The lowest BCUT2D eigenvalue weighted by molar-refractivity contribution is 0.574. The van der Waals surface area contributed by atoms with Crippen molar-refractivity contribution < 1.29 is 0 Å². The summed E-state index contributed by atoms with van der Waals surface area (Å²) in [6, 6.07) is 0.714. The normalized spacial score (nSPS) is 21.4. The van der Waals surface area contributed by atoms with Crippen molar-refractivity contribution in [3.05, 3.63) is 9.98 Å². The van der Waals surface area contributed by atoms with Crippen LogP contribution in [0.4, 0.5) is 5.13 Å². The van der Waals surface area contributed by atoms with Crippen LogP contribution in [0.25, 0.3) is 0 Å². The quantitative estimate of drug-likeness (QED) is 0.887. The van der Waals surface area contributed by atoms with Crippen molar-refractivity contribution in [3.8, 4) is 0 Å². The molecule has 0 radical (unpaired) electrons. The lowest BCUT2D eigenvalue weighted by Gasteiger charge is -2.09. The smallest absolute Gasteiger partial charge is 0.183 e. The Morgan fingerprint density at radius 3 is 3.29 bits per heavy atom. The number of thiazole rings is 1. The molecular formula is C9H14BrN3S. The molecule has 0 unspecified atom stereocenters. The van der Waals surface area contributed by atoms with Crippen LogP contribution in [0, 0.1) is 0 Å². The second-order valence-corrected chi connectivity index (χ2v) is 5.15. The average molecular weight is 276 g/mol. The summed E-state index contributed by atoms with van der Waals surface area (Å²) >= 11 is 4.98. The Morgan fingerprint density at radius 1 is 1.71 bits per heavy atom. The van der Waals surface area contributed by atoms with Crippen LogP contribution in [0.2, 0.25) is 0 Å². The number of anilines is 1. The third-order valence-electron chi connectivity index (χ3n) is 2.41. The number of nitrogens with zero attached hydrogens (tertiary/aromatic N) is 1. The van der Waals surface area contributed by atoms with Crippen molar-refractivity contribution in [1.82, 2.24) is 10.3 Å². The van der Waals surface area contributed by atoms with E-state index >= 15 is 0 Å². The predicted octanol–water partition coefficient (Wildman–Crippen LogP) is 2.46. The van der Waals surface area contributed by atoms with E-state index in [-0.39, 0.29) is 0 Å². The van der Waals surface area contributed by atoms with E-state index in [4.69, 9.17) is 0 Å². The maximum absolute atomic E-state index is 4.28. The monoisotopic (exact) mass is 275 g/mol. The second-order valence-electron chi connectivity index (χ2n) is 3.48. The molecule has 0 saturated carbocycles. The van der Waals surface area contributed by atoms with Gasteiger partial charge < -0.3 is 10.6 Å². The number of halogens is 1. The Hall–Kier alpha value is -0.130. The molecule has 1 aliphatic heterocycles. The molecule has 0 amide bonds. The third kappa shape index (κ3) is 2.93. The summed E-state index contributed by atoms with van der Waals surface area (Å²) in [6.45, 7) is 2.20. The summed E-state index contributed by atoms with van der Waals surface area (Å²) in [6.07, 6.45) is 3.84. The summed E-state index contributed by atoms with van der Waals surface area (Å²) in [7, 11) is 0. The van der Waals surface area contributed by atoms with Gasteiger partial charge in [-0.2, -0.15) is 0 Å². The molecule has 1 aromatic rings. The highest BCUT2D eigenvalue weighted by molar-refractivity contribution is 9.10. The first-order valence-electron chi connectivity index (χ1n) is 4.93. The van der Waals surface area contributed by atoms with E-state index in [9.17, 15) is 0 Å². The average Bonchev–Trinajstić information content (AvgIpc) is 2.77. The molecule has 0 aromatic carbocycles. The van der Waals surface area contributed by atoms with Crippen molar-refractivity contribution in [3.63, 3.8) is 0 Å². The first kappa shape index (κ1) is 10.4. The van der Waals surface area contributed by atoms with Crippen molar-refractivity contribution in [1.29, 1.82) is 0 Å². The van der Waals surface area contributed by atoms with Gasteiger partial charge >= 0.3 is 0 Å². The highest BCUT2D eigenvalue weighted by atomic mass is 79.9. The van der Waals surface area contributed by atoms with Crippen LogP contribution >= 0.6 is 27.3 Å². The van der Waals surface area contributed by atoms with E-state index < -0.39 is 0 Å². The van der Waals surface area contributed by atoms with Crippen LogP contribution in [0.3, 0.4) is 0 Å². The number of rotatable bonds is 4. The van der Waals surface area contributed by atoms with Gasteiger partial charge in [0.25, 0.3) is 0 Å². The van der Waals surface area contributed by atoms with E-state index in [2.05, 4.69) is 31.5 Å². The third-order valence-corrected chi connectivity index (χ3v) is 3.92. The molecule has 5 heteroatoms. The second kappa shape index (κ2) is 5.09. The van der Waals surface area contributed by atoms with E-state index in [0.29, 0.717) is 6.04 Å². The van der Waals surface area contributed by atoms with Gasteiger partial charge in [-0.3, -0.25) is 0 Å². The Morgan fingerprint density at radius 2 is 2.64 bits per heavy atom. The van der Waals surface area contributed by atoms with Gasteiger partial charge in [-0.15, -0.1) is 11.3 Å². The minimum Gasteiger partial charge on any atom is -0.361 e. The van der Waals surface area contributed by atoms with E-state index in [1.807, 2.05) is 5.38 Å². The van der Waals surface area contributed by atoms with Crippen LogP contribution in [0.5, 0.6) is 0 Å². The van der Waals surface area contributed by atoms with Crippen molar-refractivity contribution >= 4 is 32.4 Å². The Balaban J connectivity index is 1.67. The molecule has 14 heavy (non-hydrogen) atoms. The zero-order valence-electron chi connectivity index (χ0n) is 7.92. The van der Waals surface area contributed by atoms with Gasteiger partial charge in [0.2, 0.25) is 0 Å². The molecule has 78 valence electrons. The summed E-state index contributed by atoms with van der Waals surface area (Å²) < 4.78 is 0.920. The predicted molar refractivity (Wildman–Crippen MR) is 63.9 cm³/mol. The summed E-state index contributed by atoms with van der Waals surface area (Å²) in [5.74, 6) is 0. The van der Waals surface area contributed by atoms with Gasteiger partial charge in [0.05, 0.1) is 0 Å². The molecule has 3 nitrogen and oxygen atoms in total. The van der Waals surface area contributed by atoms with Crippen molar-refractivity contribution in [2.45, 2.75) is 25.3 Å². The van der Waals surface area contributed by atoms with Crippen LogP contribution in [0.1, 0.15) is 19.3 Å². The number of hydrogen-bond acceptors (Lipinski definition) is 4. The molecule has 2 N–H and O–H groups in total. The lowest BCUT2D eigenvalue weighted by Crippen LogP contribution is -2.23. The van der Waals surface area contributed by atoms with Crippen molar-refractivity contribution in [2.24, 2.45) is 0 Å². The summed E-state index contributed by atoms with van der Waals surface area (Å²) in [5, 5.41) is 9.82. The van der Waals surface area contributed by atoms with Gasteiger partial charge in [0, 0.05) is 18.0 Å². The molecule has 1 fully saturated rings. The fourth-order valence-electron chi connectivity index (χ4n) is 1.69. The molecular weight excluding hydrogens is 262 g/mol. The molecule has 1 saturated heterocycles. The van der Waals surface area contributed by atoms with Crippen molar-refractivity contribution in [2.75, 3.05) is 18.4 Å². The highest BCUT2D eigenvalue weighted by Gasteiger charge is 2.12. The van der Waals surface area contributed by atoms with E-state index in [1.54, 1.807) is 11.3 Å². The highest BCUT2D eigenvalue weighted by Crippen LogP contribution is 2.19. The van der Waals surface area contributed by atoms with Gasteiger partial charge in [0.15, 0.2) is 5.13 Å². The Bertz CT molecular complexity index is 283. The molecule has 1 atom stereocenters. The minimum absolute atomic E-state index is 0.714. The van der Waals surface area contributed by atoms with Crippen LogP contribution in [-0.2, 0) is 0 Å². The molecule has 0 spiro atoms. The molecule has 0 bridgehead atoms. The largest absolute Gasteiger partial charge is 0.361 e. The molecule has 0 aliphatic carbocycles. The first-order chi connectivity index (χ1) is 6.84. The molecule has 2 rings (SSSR count). The van der Waals surface area contributed by atoms with E-state index in [1.165, 1.54) is 25.8 Å². The summed E-state index contributed by atoms with van der Waals surface area (Å²) in [4.78, 5) is 4.28. The van der Waals surface area contributed by atoms with Crippen LogP contribution < -0.4 is 10.6 Å². The number of hydrogen-bond donors (Lipinski definition) is 2. The molecule has 2 heterocycles. The fraction of sp³-hybridized carbons (Fsp3) is 0.667. The Labute approximate surface area is 96.4 Å².